The lowest BCUT2D eigenvalue weighted by molar-refractivity contribution is 0.116. The minimum Gasteiger partial charge on any atom is -0.446 e. The van der Waals surface area contributed by atoms with Gasteiger partial charge in [-0.2, -0.15) is 0 Å². The molecule has 0 fully saturated rings. The van der Waals surface area contributed by atoms with E-state index in [2.05, 4.69) is 5.32 Å². The second-order valence-electron chi connectivity index (χ2n) is 4.64. The molecule has 1 unspecified atom stereocenters. The molecule has 4 heteroatoms. The number of ether oxygens (including phenoxy) is 1. The molecule has 3 N–H and O–H groups in total. The van der Waals surface area contributed by atoms with Gasteiger partial charge in [0.25, 0.3) is 0 Å². The Bertz CT molecular complexity index is 570. The number of benzene rings is 2. The van der Waals surface area contributed by atoms with Gasteiger partial charge in [0.05, 0.1) is 0 Å². The zero-order valence-electron chi connectivity index (χ0n) is 11.4. The summed E-state index contributed by atoms with van der Waals surface area (Å²) in [5, 5.41) is 3.33. The molecule has 1 atom stereocenters. The van der Waals surface area contributed by atoms with Gasteiger partial charge >= 0.3 is 6.09 Å². The van der Waals surface area contributed by atoms with Crippen molar-refractivity contribution in [1.82, 2.24) is 0 Å². The number of anilines is 2. The van der Waals surface area contributed by atoms with Crippen LogP contribution in [0.25, 0.3) is 0 Å². The molecule has 0 aliphatic carbocycles. The Hall–Kier alpha value is -2.49. The van der Waals surface area contributed by atoms with Gasteiger partial charge in [-0.25, -0.2) is 4.79 Å². The molecule has 0 saturated heterocycles. The van der Waals surface area contributed by atoms with Crippen molar-refractivity contribution >= 4 is 17.5 Å². The molecule has 0 radical (unpaired) electrons. The predicted molar refractivity (Wildman–Crippen MR) is 80.0 cm³/mol. The molecule has 0 spiro atoms. The lowest BCUT2D eigenvalue weighted by Gasteiger charge is -2.13. The molecule has 2 rings (SSSR count). The van der Waals surface area contributed by atoms with Crippen LogP contribution in [-0.4, -0.2) is 12.2 Å². The molecule has 0 heterocycles. The van der Waals surface area contributed by atoms with Gasteiger partial charge in [-0.1, -0.05) is 30.3 Å². The van der Waals surface area contributed by atoms with Crippen molar-refractivity contribution < 1.29 is 9.53 Å². The van der Waals surface area contributed by atoms with E-state index in [1.807, 2.05) is 61.5 Å². The summed E-state index contributed by atoms with van der Waals surface area (Å²) in [6.07, 6.45) is -0.344. The third-order valence-corrected chi connectivity index (χ3v) is 2.83. The van der Waals surface area contributed by atoms with Crippen LogP contribution in [0.1, 0.15) is 12.5 Å². The maximum Gasteiger partial charge on any atom is 0.404 e. The molecule has 1 amide bonds. The van der Waals surface area contributed by atoms with E-state index in [9.17, 15) is 4.79 Å². The summed E-state index contributed by atoms with van der Waals surface area (Å²) in [4.78, 5) is 10.7. The van der Waals surface area contributed by atoms with Crippen molar-refractivity contribution in [1.29, 1.82) is 0 Å². The van der Waals surface area contributed by atoms with Crippen molar-refractivity contribution in [2.75, 3.05) is 5.32 Å². The fourth-order valence-electron chi connectivity index (χ4n) is 2.04. The van der Waals surface area contributed by atoms with Crippen LogP contribution in [0.2, 0.25) is 0 Å². The average Bonchev–Trinajstić information content (AvgIpc) is 2.39. The van der Waals surface area contributed by atoms with Crippen LogP contribution in [0.3, 0.4) is 0 Å². The molecule has 104 valence electrons. The van der Waals surface area contributed by atoms with E-state index in [0.717, 1.165) is 16.9 Å². The molecule has 2 aromatic carbocycles. The van der Waals surface area contributed by atoms with E-state index in [-0.39, 0.29) is 6.10 Å². The van der Waals surface area contributed by atoms with Gasteiger partial charge in [0.1, 0.15) is 6.10 Å². The number of carbonyl (C=O) groups excluding carboxylic acids is 1. The summed E-state index contributed by atoms with van der Waals surface area (Å²) in [5.41, 5.74) is 8.12. The van der Waals surface area contributed by atoms with E-state index >= 15 is 0 Å². The summed E-state index contributed by atoms with van der Waals surface area (Å²) in [6, 6.07) is 17.9. The van der Waals surface area contributed by atoms with Gasteiger partial charge in [0.15, 0.2) is 0 Å². The van der Waals surface area contributed by atoms with E-state index in [4.69, 9.17) is 10.5 Å². The Labute approximate surface area is 118 Å². The number of carbonyl (C=O) groups is 1. The molecule has 0 saturated carbocycles. The van der Waals surface area contributed by atoms with Gasteiger partial charge in [0, 0.05) is 17.8 Å². The lowest BCUT2D eigenvalue weighted by atomic mass is 10.1. The molecule has 2 aromatic rings. The van der Waals surface area contributed by atoms with Crippen LogP contribution in [0, 0.1) is 0 Å². The number of hydrogen-bond acceptors (Lipinski definition) is 3. The van der Waals surface area contributed by atoms with Crippen LogP contribution >= 0.6 is 0 Å². The largest absolute Gasteiger partial charge is 0.446 e. The fourth-order valence-corrected chi connectivity index (χ4v) is 2.04. The number of para-hydroxylation sites is 1. The number of nitrogens with one attached hydrogen (secondary N) is 1. The maximum absolute atomic E-state index is 10.7. The molecule has 0 aliphatic heterocycles. The van der Waals surface area contributed by atoms with Crippen LogP contribution in [0.15, 0.2) is 54.6 Å². The first-order valence-corrected chi connectivity index (χ1v) is 6.50. The molecular formula is C16H18N2O2. The van der Waals surface area contributed by atoms with Crippen molar-refractivity contribution in [3.05, 3.63) is 60.2 Å². The number of primary amides is 1. The van der Waals surface area contributed by atoms with Gasteiger partial charge in [-0.05, 0) is 36.8 Å². The SMILES string of the molecule is CC(Cc1cccc(Nc2ccccc2)c1)OC(N)=O. The fraction of sp³-hybridized carbons (Fsp3) is 0.188. The number of nitrogens with two attached hydrogens (primary N) is 1. The van der Waals surface area contributed by atoms with Crippen LogP contribution < -0.4 is 11.1 Å². The van der Waals surface area contributed by atoms with Gasteiger partial charge < -0.3 is 15.8 Å². The third-order valence-electron chi connectivity index (χ3n) is 2.83. The van der Waals surface area contributed by atoms with E-state index in [0.29, 0.717) is 6.42 Å². The molecule has 0 aliphatic rings. The van der Waals surface area contributed by atoms with Crippen molar-refractivity contribution in [3.63, 3.8) is 0 Å². The monoisotopic (exact) mass is 270 g/mol. The molecule has 4 nitrogen and oxygen atoms in total. The average molecular weight is 270 g/mol. The number of hydrogen-bond donors (Lipinski definition) is 2. The maximum atomic E-state index is 10.7. The topological polar surface area (TPSA) is 64.3 Å². The molecular weight excluding hydrogens is 252 g/mol. The van der Waals surface area contributed by atoms with Crippen LogP contribution in [-0.2, 0) is 11.2 Å². The Balaban J connectivity index is 2.02. The Morgan fingerprint density at radius 1 is 1.15 bits per heavy atom. The molecule has 0 aromatic heterocycles. The highest BCUT2D eigenvalue weighted by molar-refractivity contribution is 5.65. The number of rotatable bonds is 5. The highest BCUT2D eigenvalue weighted by Crippen LogP contribution is 2.18. The van der Waals surface area contributed by atoms with E-state index in [1.165, 1.54) is 0 Å². The van der Waals surface area contributed by atoms with Crippen molar-refractivity contribution in [2.45, 2.75) is 19.4 Å². The molecule has 20 heavy (non-hydrogen) atoms. The highest BCUT2D eigenvalue weighted by atomic mass is 16.6. The summed E-state index contributed by atoms with van der Waals surface area (Å²) in [5.74, 6) is 0. The second kappa shape index (κ2) is 6.61. The quantitative estimate of drug-likeness (QED) is 0.874. The smallest absolute Gasteiger partial charge is 0.404 e. The summed E-state index contributed by atoms with van der Waals surface area (Å²) in [6.45, 7) is 1.82. The zero-order chi connectivity index (χ0) is 14.4. The van der Waals surface area contributed by atoms with E-state index < -0.39 is 6.09 Å². The number of amides is 1. The standard InChI is InChI=1S/C16H18N2O2/c1-12(20-16(17)19)10-13-6-5-9-15(11-13)18-14-7-3-2-4-8-14/h2-9,11-12,18H,10H2,1H3,(H2,17,19). The minimum absolute atomic E-state index is 0.237. The third kappa shape index (κ3) is 4.31. The van der Waals surface area contributed by atoms with Gasteiger partial charge in [-0.15, -0.1) is 0 Å². The normalized spacial score (nSPS) is 11.7. The summed E-state index contributed by atoms with van der Waals surface area (Å²) in [7, 11) is 0. The zero-order valence-corrected chi connectivity index (χ0v) is 11.4. The van der Waals surface area contributed by atoms with Gasteiger partial charge in [0.2, 0.25) is 0 Å². The highest BCUT2D eigenvalue weighted by Gasteiger charge is 2.07. The summed E-state index contributed by atoms with van der Waals surface area (Å²) < 4.78 is 4.93. The lowest BCUT2D eigenvalue weighted by Crippen LogP contribution is -2.21. The Kier molecular flexibility index (Phi) is 4.60. The second-order valence-corrected chi connectivity index (χ2v) is 4.64. The first-order valence-electron chi connectivity index (χ1n) is 6.50. The minimum atomic E-state index is -0.740. The van der Waals surface area contributed by atoms with Crippen molar-refractivity contribution in [3.8, 4) is 0 Å². The van der Waals surface area contributed by atoms with Crippen LogP contribution in [0.4, 0.5) is 16.2 Å². The van der Waals surface area contributed by atoms with Crippen LogP contribution in [0.5, 0.6) is 0 Å². The predicted octanol–water partition coefficient (Wildman–Crippen LogP) is 3.46. The van der Waals surface area contributed by atoms with Crippen molar-refractivity contribution in [2.24, 2.45) is 5.73 Å². The summed E-state index contributed by atoms with van der Waals surface area (Å²) >= 11 is 0. The Morgan fingerprint density at radius 3 is 2.55 bits per heavy atom. The molecule has 0 bridgehead atoms. The van der Waals surface area contributed by atoms with Gasteiger partial charge in [-0.3, -0.25) is 0 Å². The first kappa shape index (κ1) is 13.9. The Morgan fingerprint density at radius 2 is 1.85 bits per heavy atom. The van der Waals surface area contributed by atoms with E-state index in [1.54, 1.807) is 0 Å². The first-order chi connectivity index (χ1) is 9.63.